The van der Waals surface area contributed by atoms with Crippen molar-refractivity contribution in [2.45, 2.75) is 6.04 Å². The molecule has 0 saturated carbocycles. The monoisotopic (exact) mass is 339 g/mol. The molecule has 2 amide bonds. The van der Waals surface area contributed by atoms with Crippen molar-refractivity contribution >= 4 is 11.8 Å². The number of nitrogens with one attached hydrogen (secondary N) is 2. The number of nitrogens with zero attached hydrogens (tertiary/aromatic N) is 3. The smallest absolute Gasteiger partial charge is 0.320 e. The van der Waals surface area contributed by atoms with Crippen molar-refractivity contribution in [1.82, 2.24) is 20.0 Å². The number of aromatic nitrogens is 2. The van der Waals surface area contributed by atoms with Crippen LogP contribution < -0.4 is 10.6 Å². The Morgan fingerprint density at radius 1 is 1.20 bits per heavy atom. The van der Waals surface area contributed by atoms with E-state index in [4.69, 9.17) is 4.42 Å². The normalized spacial score (nSPS) is 12.1. The number of hydrogen-bond acceptors (Lipinski definition) is 4. The van der Waals surface area contributed by atoms with Crippen LogP contribution in [0.1, 0.15) is 11.8 Å². The molecular formula is C18H21N5O2. The van der Waals surface area contributed by atoms with Gasteiger partial charge in [0, 0.05) is 18.8 Å². The van der Waals surface area contributed by atoms with Crippen molar-refractivity contribution in [2.24, 2.45) is 0 Å². The number of likely N-dealkylation sites (N-methyl/N-ethyl adjacent to an activating group) is 1. The zero-order chi connectivity index (χ0) is 17.6. The van der Waals surface area contributed by atoms with E-state index in [1.54, 1.807) is 23.2 Å². The summed E-state index contributed by atoms with van der Waals surface area (Å²) in [5.41, 5.74) is 0.932. The van der Waals surface area contributed by atoms with E-state index in [9.17, 15) is 4.79 Å². The molecule has 0 saturated heterocycles. The Morgan fingerprint density at radius 2 is 2.00 bits per heavy atom. The molecular weight excluding hydrogens is 318 g/mol. The Labute approximate surface area is 146 Å². The molecule has 0 radical (unpaired) electrons. The van der Waals surface area contributed by atoms with Gasteiger partial charge in [0.25, 0.3) is 0 Å². The summed E-state index contributed by atoms with van der Waals surface area (Å²) in [5.74, 6) is 1.29. The van der Waals surface area contributed by atoms with Gasteiger partial charge in [-0.25, -0.2) is 9.48 Å². The lowest BCUT2D eigenvalue weighted by atomic mass is 10.2. The van der Waals surface area contributed by atoms with Crippen LogP contribution in [0.4, 0.5) is 10.6 Å². The summed E-state index contributed by atoms with van der Waals surface area (Å²) in [6.45, 7) is 0.422. The number of carbonyl (C=O) groups excluding carboxylic acids is 1. The second-order valence-electron chi connectivity index (χ2n) is 5.81. The highest BCUT2D eigenvalue weighted by molar-refractivity contribution is 5.88. The molecule has 0 bridgehead atoms. The van der Waals surface area contributed by atoms with Gasteiger partial charge in [0.05, 0.1) is 18.0 Å². The summed E-state index contributed by atoms with van der Waals surface area (Å²) < 4.78 is 7.14. The molecule has 3 rings (SSSR count). The number of amides is 2. The van der Waals surface area contributed by atoms with Gasteiger partial charge in [0.15, 0.2) is 5.82 Å². The van der Waals surface area contributed by atoms with Crippen LogP contribution in [0.25, 0.3) is 5.69 Å². The minimum atomic E-state index is -0.309. The molecule has 0 aliphatic carbocycles. The number of anilines is 1. The summed E-state index contributed by atoms with van der Waals surface area (Å²) >= 11 is 0. The van der Waals surface area contributed by atoms with Gasteiger partial charge in [-0.1, -0.05) is 18.2 Å². The third kappa shape index (κ3) is 4.27. The number of urea groups is 1. The number of para-hydroxylation sites is 1. The van der Waals surface area contributed by atoms with Crippen LogP contribution in [0, 0.1) is 0 Å². The minimum Gasteiger partial charge on any atom is -0.468 e. The number of benzene rings is 1. The first kappa shape index (κ1) is 16.8. The van der Waals surface area contributed by atoms with Crippen LogP contribution in [0.15, 0.2) is 65.4 Å². The molecule has 25 heavy (non-hydrogen) atoms. The Bertz CT molecular complexity index is 796. The first-order valence-electron chi connectivity index (χ1n) is 7.99. The SMILES string of the molecule is CN(C)C(CNC(=O)Nc1ccn(-c2ccccc2)n1)c1ccco1. The summed E-state index contributed by atoms with van der Waals surface area (Å²) in [6, 6.07) is 14.8. The topological polar surface area (TPSA) is 75.3 Å². The van der Waals surface area contributed by atoms with Crippen LogP contribution in [0.3, 0.4) is 0 Å². The summed E-state index contributed by atoms with van der Waals surface area (Å²) in [7, 11) is 3.88. The van der Waals surface area contributed by atoms with Gasteiger partial charge in [0.2, 0.25) is 0 Å². The number of carbonyl (C=O) groups is 1. The zero-order valence-corrected chi connectivity index (χ0v) is 14.2. The van der Waals surface area contributed by atoms with Crippen molar-refractivity contribution in [1.29, 1.82) is 0 Å². The lowest BCUT2D eigenvalue weighted by Gasteiger charge is -2.22. The van der Waals surface area contributed by atoms with E-state index in [0.717, 1.165) is 11.4 Å². The Morgan fingerprint density at radius 3 is 2.68 bits per heavy atom. The van der Waals surface area contributed by atoms with E-state index in [2.05, 4.69) is 15.7 Å². The van der Waals surface area contributed by atoms with Crippen molar-refractivity contribution in [3.63, 3.8) is 0 Å². The quantitative estimate of drug-likeness (QED) is 0.724. The maximum Gasteiger partial charge on any atom is 0.320 e. The highest BCUT2D eigenvalue weighted by Crippen LogP contribution is 2.17. The first-order valence-corrected chi connectivity index (χ1v) is 7.99. The Kier molecular flexibility index (Phi) is 5.15. The zero-order valence-electron chi connectivity index (χ0n) is 14.2. The predicted molar refractivity (Wildman–Crippen MR) is 95.7 cm³/mol. The standard InChI is InChI=1S/C18H21N5O2/c1-22(2)15(16-9-6-12-25-16)13-19-18(24)20-17-10-11-23(21-17)14-7-4-3-5-8-14/h3-12,15H,13H2,1-2H3,(H2,19,20,21,24). The molecule has 0 aliphatic rings. The fraction of sp³-hybridized carbons (Fsp3) is 0.222. The average Bonchev–Trinajstić information content (AvgIpc) is 3.28. The van der Waals surface area contributed by atoms with Gasteiger partial charge in [-0.15, -0.1) is 5.10 Å². The van der Waals surface area contributed by atoms with Gasteiger partial charge in [-0.2, -0.15) is 0 Å². The molecule has 0 spiro atoms. The van der Waals surface area contributed by atoms with E-state index in [1.165, 1.54) is 0 Å². The molecule has 0 aliphatic heterocycles. The average molecular weight is 339 g/mol. The second kappa shape index (κ2) is 7.67. The van der Waals surface area contributed by atoms with Crippen molar-refractivity contribution in [3.05, 3.63) is 66.8 Å². The van der Waals surface area contributed by atoms with E-state index < -0.39 is 0 Å². The fourth-order valence-corrected chi connectivity index (χ4v) is 2.48. The first-order chi connectivity index (χ1) is 12.1. The molecule has 1 aromatic carbocycles. The highest BCUT2D eigenvalue weighted by atomic mass is 16.3. The molecule has 0 fully saturated rings. The molecule has 7 heteroatoms. The van der Waals surface area contributed by atoms with Crippen molar-refractivity contribution in [3.8, 4) is 5.69 Å². The van der Waals surface area contributed by atoms with Crippen LogP contribution >= 0.6 is 0 Å². The van der Waals surface area contributed by atoms with E-state index in [0.29, 0.717) is 12.4 Å². The maximum atomic E-state index is 12.1. The molecule has 3 aromatic rings. The fourth-order valence-electron chi connectivity index (χ4n) is 2.48. The minimum absolute atomic E-state index is 0.0392. The molecule has 7 nitrogen and oxygen atoms in total. The van der Waals surface area contributed by atoms with Crippen LogP contribution in [0.2, 0.25) is 0 Å². The van der Waals surface area contributed by atoms with Crippen LogP contribution in [-0.2, 0) is 0 Å². The van der Waals surface area contributed by atoms with E-state index >= 15 is 0 Å². The number of furan rings is 1. The molecule has 1 atom stereocenters. The van der Waals surface area contributed by atoms with Crippen LogP contribution in [0.5, 0.6) is 0 Å². The number of rotatable bonds is 6. The van der Waals surface area contributed by atoms with Crippen LogP contribution in [-0.4, -0.2) is 41.4 Å². The second-order valence-corrected chi connectivity index (χ2v) is 5.81. The van der Waals surface area contributed by atoms with Gasteiger partial charge < -0.3 is 9.73 Å². The molecule has 1 unspecified atom stereocenters. The largest absolute Gasteiger partial charge is 0.468 e. The third-order valence-corrected chi connectivity index (χ3v) is 3.80. The van der Waals surface area contributed by atoms with E-state index in [-0.39, 0.29) is 12.1 Å². The van der Waals surface area contributed by atoms with Gasteiger partial charge in [0.1, 0.15) is 5.76 Å². The lowest BCUT2D eigenvalue weighted by molar-refractivity contribution is 0.233. The van der Waals surface area contributed by atoms with Crippen molar-refractivity contribution < 1.29 is 9.21 Å². The van der Waals surface area contributed by atoms with Gasteiger partial charge >= 0.3 is 6.03 Å². The summed E-state index contributed by atoms with van der Waals surface area (Å²) in [5, 5.41) is 9.94. The highest BCUT2D eigenvalue weighted by Gasteiger charge is 2.18. The molecule has 2 N–H and O–H groups in total. The predicted octanol–water partition coefficient (Wildman–Crippen LogP) is 2.89. The van der Waals surface area contributed by atoms with Crippen molar-refractivity contribution in [2.75, 3.05) is 26.0 Å². The molecule has 2 heterocycles. The third-order valence-electron chi connectivity index (χ3n) is 3.80. The maximum absolute atomic E-state index is 12.1. The molecule has 130 valence electrons. The summed E-state index contributed by atoms with van der Waals surface area (Å²) in [6.07, 6.45) is 3.43. The van der Waals surface area contributed by atoms with Gasteiger partial charge in [-0.05, 0) is 38.4 Å². The molecule has 2 aromatic heterocycles. The Hall–Kier alpha value is -3.06. The number of hydrogen-bond donors (Lipinski definition) is 2. The summed E-state index contributed by atoms with van der Waals surface area (Å²) in [4.78, 5) is 14.1. The van der Waals surface area contributed by atoms with Gasteiger partial charge in [-0.3, -0.25) is 10.2 Å². The Balaban J connectivity index is 1.57. The van der Waals surface area contributed by atoms with E-state index in [1.807, 2.05) is 61.5 Å². The lowest BCUT2D eigenvalue weighted by Crippen LogP contribution is -2.36.